The highest BCUT2D eigenvalue weighted by Gasteiger charge is 2.13. The normalized spacial score (nSPS) is 10.5. The molecule has 0 spiro atoms. The summed E-state index contributed by atoms with van der Waals surface area (Å²) in [4.78, 5) is 18.4. The lowest BCUT2D eigenvalue weighted by Crippen LogP contribution is -2.14. The average molecular weight is 387 g/mol. The van der Waals surface area contributed by atoms with Gasteiger partial charge in [-0.1, -0.05) is 17.3 Å². The molecule has 3 rings (SSSR count). The maximum atomic E-state index is 12.3. The van der Waals surface area contributed by atoms with Crippen LogP contribution in [0.25, 0.3) is 5.69 Å². The molecule has 0 saturated heterocycles. The van der Waals surface area contributed by atoms with Crippen molar-refractivity contribution >= 4 is 33.3 Å². The van der Waals surface area contributed by atoms with E-state index in [0.717, 1.165) is 16.0 Å². The molecule has 0 aliphatic heterocycles. The van der Waals surface area contributed by atoms with Crippen molar-refractivity contribution in [1.82, 2.24) is 20.0 Å². The molecule has 1 N–H and O–H groups in total. The fraction of sp³-hybridized carbons (Fsp3) is 0.125. The van der Waals surface area contributed by atoms with Crippen molar-refractivity contribution in [3.05, 3.63) is 59.0 Å². The molecule has 0 bridgehead atoms. The quantitative estimate of drug-likeness (QED) is 0.745. The molecule has 7 nitrogen and oxygen atoms in total. The Morgan fingerprint density at radius 1 is 1.21 bits per heavy atom. The molecule has 24 heavy (non-hydrogen) atoms. The van der Waals surface area contributed by atoms with Crippen LogP contribution in [0.15, 0.2) is 53.3 Å². The van der Waals surface area contributed by atoms with Crippen LogP contribution in [-0.2, 0) is 0 Å². The first-order valence-electron chi connectivity index (χ1n) is 7.16. The van der Waals surface area contributed by atoms with Gasteiger partial charge in [0.15, 0.2) is 5.69 Å². The Bertz CT molecular complexity index is 859. The molecule has 0 fully saturated rings. The van der Waals surface area contributed by atoms with E-state index < -0.39 is 0 Å². The molecular formula is C16H15BrN6O. The van der Waals surface area contributed by atoms with Crippen LogP contribution < -0.4 is 10.2 Å². The standard InChI is InChI=1S/C16H15BrN6O/c1-22(2)15-8-7-11(9-18-15)19-16(24)13-10-23(21-20-13)14-6-4-3-5-12(14)17/h3-10H,1-2H3,(H,19,24). The number of aromatic nitrogens is 4. The molecule has 2 aromatic heterocycles. The Morgan fingerprint density at radius 3 is 2.67 bits per heavy atom. The molecule has 8 heteroatoms. The Balaban J connectivity index is 1.75. The number of halogens is 1. The van der Waals surface area contributed by atoms with E-state index >= 15 is 0 Å². The number of anilines is 2. The van der Waals surface area contributed by atoms with Gasteiger partial charge < -0.3 is 10.2 Å². The van der Waals surface area contributed by atoms with Crippen molar-refractivity contribution in [2.75, 3.05) is 24.3 Å². The number of benzene rings is 1. The van der Waals surface area contributed by atoms with Gasteiger partial charge in [0.05, 0.1) is 23.8 Å². The van der Waals surface area contributed by atoms with E-state index in [2.05, 4.69) is 36.5 Å². The second kappa shape index (κ2) is 6.79. The maximum absolute atomic E-state index is 12.3. The van der Waals surface area contributed by atoms with Crippen molar-refractivity contribution in [2.24, 2.45) is 0 Å². The summed E-state index contributed by atoms with van der Waals surface area (Å²) in [7, 11) is 3.81. The maximum Gasteiger partial charge on any atom is 0.277 e. The van der Waals surface area contributed by atoms with E-state index in [4.69, 9.17) is 0 Å². The van der Waals surface area contributed by atoms with Gasteiger partial charge in [-0.3, -0.25) is 4.79 Å². The predicted octanol–water partition coefficient (Wildman–Crippen LogP) is 2.74. The monoisotopic (exact) mass is 386 g/mol. The zero-order chi connectivity index (χ0) is 17.1. The molecule has 1 aromatic carbocycles. The van der Waals surface area contributed by atoms with Gasteiger partial charge in [-0.15, -0.1) is 5.10 Å². The number of carbonyl (C=O) groups excluding carboxylic acids is 1. The Morgan fingerprint density at radius 2 is 2.00 bits per heavy atom. The summed E-state index contributed by atoms with van der Waals surface area (Å²) >= 11 is 3.45. The molecule has 3 aromatic rings. The lowest BCUT2D eigenvalue weighted by Gasteiger charge is -2.11. The van der Waals surface area contributed by atoms with Gasteiger partial charge in [0.25, 0.3) is 5.91 Å². The van der Waals surface area contributed by atoms with E-state index in [1.54, 1.807) is 23.1 Å². The van der Waals surface area contributed by atoms with E-state index in [1.165, 1.54) is 0 Å². The van der Waals surface area contributed by atoms with Crippen LogP contribution in [0.4, 0.5) is 11.5 Å². The van der Waals surface area contributed by atoms with Gasteiger partial charge in [0.1, 0.15) is 5.82 Å². The first-order chi connectivity index (χ1) is 11.5. The molecule has 122 valence electrons. The number of nitrogens with zero attached hydrogens (tertiary/aromatic N) is 5. The van der Waals surface area contributed by atoms with Gasteiger partial charge in [0.2, 0.25) is 0 Å². The van der Waals surface area contributed by atoms with Crippen LogP contribution >= 0.6 is 15.9 Å². The molecule has 0 aliphatic rings. The van der Waals surface area contributed by atoms with Gasteiger partial charge in [-0.05, 0) is 40.2 Å². The smallest absolute Gasteiger partial charge is 0.277 e. The number of rotatable bonds is 4. The average Bonchev–Trinajstić information content (AvgIpc) is 3.05. The van der Waals surface area contributed by atoms with Gasteiger partial charge in [0, 0.05) is 18.6 Å². The number of carbonyl (C=O) groups is 1. The first kappa shape index (κ1) is 16.1. The molecule has 0 unspecified atom stereocenters. The third-order valence-corrected chi connectivity index (χ3v) is 3.96. The van der Waals surface area contributed by atoms with E-state index in [9.17, 15) is 4.79 Å². The fourth-order valence-corrected chi connectivity index (χ4v) is 2.51. The highest BCUT2D eigenvalue weighted by Crippen LogP contribution is 2.19. The van der Waals surface area contributed by atoms with Gasteiger partial charge >= 0.3 is 0 Å². The van der Waals surface area contributed by atoms with E-state index in [-0.39, 0.29) is 11.6 Å². The minimum Gasteiger partial charge on any atom is -0.363 e. The highest BCUT2D eigenvalue weighted by molar-refractivity contribution is 9.10. The molecule has 2 heterocycles. The second-order valence-electron chi connectivity index (χ2n) is 5.25. The summed E-state index contributed by atoms with van der Waals surface area (Å²) in [6.45, 7) is 0. The molecule has 0 atom stereocenters. The van der Waals surface area contributed by atoms with Crippen LogP contribution in [-0.4, -0.2) is 40.0 Å². The molecule has 0 aliphatic carbocycles. The number of pyridine rings is 1. The third kappa shape index (κ3) is 3.43. The van der Waals surface area contributed by atoms with Crippen LogP contribution in [0.3, 0.4) is 0 Å². The lowest BCUT2D eigenvalue weighted by atomic mass is 10.3. The lowest BCUT2D eigenvalue weighted by molar-refractivity contribution is 0.102. The summed E-state index contributed by atoms with van der Waals surface area (Å²) in [6, 6.07) is 11.2. The molecule has 1 amide bonds. The number of hydrogen-bond donors (Lipinski definition) is 1. The first-order valence-corrected chi connectivity index (χ1v) is 7.96. The summed E-state index contributed by atoms with van der Waals surface area (Å²) < 4.78 is 2.41. The summed E-state index contributed by atoms with van der Waals surface area (Å²) in [5.41, 5.74) is 1.63. The third-order valence-electron chi connectivity index (χ3n) is 3.29. The summed E-state index contributed by atoms with van der Waals surface area (Å²) in [5.74, 6) is 0.473. The zero-order valence-corrected chi connectivity index (χ0v) is 14.7. The van der Waals surface area contributed by atoms with Crippen molar-refractivity contribution in [3.8, 4) is 5.69 Å². The summed E-state index contributed by atoms with van der Waals surface area (Å²) in [6.07, 6.45) is 3.18. The zero-order valence-electron chi connectivity index (χ0n) is 13.1. The van der Waals surface area contributed by atoms with Crippen molar-refractivity contribution in [2.45, 2.75) is 0 Å². The molecular weight excluding hydrogens is 372 g/mol. The molecule has 0 saturated carbocycles. The van der Waals surface area contributed by atoms with E-state index in [1.807, 2.05) is 49.3 Å². The van der Waals surface area contributed by atoms with Gasteiger partial charge in [-0.25, -0.2) is 9.67 Å². The summed E-state index contributed by atoms with van der Waals surface area (Å²) in [5, 5.41) is 10.7. The Hall–Kier alpha value is -2.74. The minimum atomic E-state index is -0.340. The molecule has 0 radical (unpaired) electrons. The van der Waals surface area contributed by atoms with Crippen LogP contribution in [0.2, 0.25) is 0 Å². The van der Waals surface area contributed by atoms with Gasteiger partial charge in [-0.2, -0.15) is 0 Å². The number of nitrogens with one attached hydrogen (secondary N) is 1. The predicted molar refractivity (Wildman–Crippen MR) is 95.6 cm³/mol. The number of para-hydroxylation sites is 1. The van der Waals surface area contributed by atoms with Crippen molar-refractivity contribution < 1.29 is 4.79 Å². The minimum absolute atomic E-state index is 0.224. The number of amides is 1. The Labute approximate surface area is 147 Å². The van der Waals surface area contributed by atoms with Crippen molar-refractivity contribution in [3.63, 3.8) is 0 Å². The van der Waals surface area contributed by atoms with Crippen LogP contribution in [0.1, 0.15) is 10.5 Å². The number of hydrogen-bond acceptors (Lipinski definition) is 5. The Kier molecular flexibility index (Phi) is 4.57. The SMILES string of the molecule is CN(C)c1ccc(NC(=O)c2cn(-c3ccccc3Br)nn2)cn1. The van der Waals surface area contributed by atoms with Crippen LogP contribution in [0, 0.1) is 0 Å². The highest BCUT2D eigenvalue weighted by atomic mass is 79.9. The second-order valence-corrected chi connectivity index (χ2v) is 6.11. The van der Waals surface area contributed by atoms with Crippen LogP contribution in [0.5, 0.6) is 0 Å². The van der Waals surface area contributed by atoms with E-state index in [0.29, 0.717) is 5.69 Å². The largest absolute Gasteiger partial charge is 0.363 e. The topological polar surface area (TPSA) is 75.9 Å². The fourth-order valence-electron chi connectivity index (χ4n) is 2.04. The van der Waals surface area contributed by atoms with Crippen molar-refractivity contribution in [1.29, 1.82) is 0 Å².